The highest BCUT2D eigenvalue weighted by Crippen LogP contribution is 2.40. The average molecular weight is 804 g/mol. The summed E-state index contributed by atoms with van der Waals surface area (Å²) < 4.78 is 6.08. The summed E-state index contributed by atoms with van der Waals surface area (Å²) in [5.74, 6) is 0. The van der Waals surface area contributed by atoms with E-state index >= 15 is 0 Å². The Balaban J connectivity index is 0.837. The van der Waals surface area contributed by atoms with Crippen LogP contribution in [-0.2, 0) is 6.42 Å². The van der Waals surface area contributed by atoms with Gasteiger partial charge in [0.25, 0.3) is 0 Å². The Hall–Kier alpha value is -8.20. The number of hydrogen-bond acceptors (Lipinski definition) is 2. The van der Waals surface area contributed by atoms with E-state index in [1.54, 1.807) is 0 Å². The number of hydrogen-bond donors (Lipinski definition) is 0. The van der Waals surface area contributed by atoms with Crippen molar-refractivity contribution in [2.75, 3.05) is 4.90 Å². The van der Waals surface area contributed by atoms with E-state index in [1.165, 1.54) is 77.5 Å². The third-order valence-corrected chi connectivity index (χ3v) is 12.7. The van der Waals surface area contributed by atoms with Crippen molar-refractivity contribution in [3.63, 3.8) is 0 Å². The third-order valence-electron chi connectivity index (χ3n) is 12.7. The lowest BCUT2D eigenvalue weighted by molar-refractivity contribution is 0.669. The molecule has 0 fully saturated rings. The molecule has 0 saturated heterocycles. The van der Waals surface area contributed by atoms with Crippen LogP contribution in [-0.4, -0.2) is 0 Å². The monoisotopic (exact) mass is 803 g/mol. The van der Waals surface area contributed by atoms with Crippen LogP contribution >= 0.6 is 0 Å². The van der Waals surface area contributed by atoms with Gasteiger partial charge in [0.15, 0.2) is 0 Å². The Bertz CT molecular complexity index is 3480. The average Bonchev–Trinajstić information content (AvgIpc) is 3.97. The number of furan rings is 1. The molecule has 0 aliphatic heterocycles. The predicted molar refractivity (Wildman–Crippen MR) is 266 cm³/mol. The number of rotatable bonds is 8. The van der Waals surface area contributed by atoms with Gasteiger partial charge in [0.2, 0.25) is 0 Å². The van der Waals surface area contributed by atoms with E-state index < -0.39 is 0 Å². The van der Waals surface area contributed by atoms with Crippen molar-refractivity contribution in [3.05, 3.63) is 247 Å². The van der Waals surface area contributed by atoms with Gasteiger partial charge in [-0.15, -0.1) is 0 Å². The summed E-state index contributed by atoms with van der Waals surface area (Å²) in [4.78, 5) is 2.36. The summed E-state index contributed by atoms with van der Waals surface area (Å²) in [6.45, 7) is 0. The van der Waals surface area contributed by atoms with Gasteiger partial charge in [0, 0.05) is 27.8 Å². The molecule has 12 rings (SSSR count). The Morgan fingerprint density at radius 3 is 1.38 bits per heavy atom. The van der Waals surface area contributed by atoms with Crippen molar-refractivity contribution in [2.24, 2.45) is 0 Å². The van der Waals surface area contributed by atoms with Gasteiger partial charge in [-0.25, -0.2) is 0 Å². The van der Waals surface area contributed by atoms with E-state index in [1.807, 2.05) is 12.1 Å². The number of benzene rings is 10. The van der Waals surface area contributed by atoms with Gasteiger partial charge in [-0.05, 0) is 145 Å². The highest BCUT2D eigenvalue weighted by atomic mass is 16.3. The number of anilines is 3. The lowest BCUT2D eigenvalue weighted by atomic mass is 9.98. The zero-order valence-corrected chi connectivity index (χ0v) is 34.6. The smallest absolute Gasteiger partial charge is 0.135 e. The minimum absolute atomic E-state index is 0.915. The second-order valence-corrected chi connectivity index (χ2v) is 16.5. The lowest BCUT2D eigenvalue weighted by Crippen LogP contribution is -2.10. The molecule has 0 N–H and O–H groups in total. The predicted octanol–water partition coefficient (Wildman–Crippen LogP) is 17.0. The van der Waals surface area contributed by atoms with Crippen LogP contribution in [0.1, 0.15) is 16.7 Å². The standard InChI is InChI=1S/C61H41NO/c1-2-8-49-37-52(22-21-41(49)7-1)46-17-13-42(14-18-46)44-23-30-55(31-24-44)62(57-34-27-48(28-35-57)54-38-50-9-3-4-10-51(50)39-54)56-32-25-45(26-33-56)43-15-19-47(20-16-43)53-29-36-61-59(40-53)58-11-5-6-12-60(58)63-61/h1-38,40H,39H2. The van der Waals surface area contributed by atoms with Gasteiger partial charge in [0.1, 0.15) is 11.2 Å². The van der Waals surface area contributed by atoms with Crippen molar-refractivity contribution in [2.45, 2.75) is 6.42 Å². The first-order chi connectivity index (χ1) is 31.2. The summed E-state index contributed by atoms with van der Waals surface area (Å²) in [6, 6.07) is 83.5. The summed E-state index contributed by atoms with van der Waals surface area (Å²) >= 11 is 0. The number of fused-ring (bicyclic) bond motifs is 5. The summed E-state index contributed by atoms with van der Waals surface area (Å²) in [5, 5.41) is 4.81. The maximum Gasteiger partial charge on any atom is 0.135 e. The van der Waals surface area contributed by atoms with Gasteiger partial charge in [0.05, 0.1) is 0 Å². The largest absolute Gasteiger partial charge is 0.456 e. The number of para-hydroxylation sites is 1. The zero-order chi connectivity index (χ0) is 41.7. The van der Waals surface area contributed by atoms with Crippen molar-refractivity contribution < 1.29 is 4.42 Å². The summed E-state index contributed by atoms with van der Waals surface area (Å²) in [5.41, 5.74) is 20.0. The molecule has 0 saturated carbocycles. The van der Waals surface area contributed by atoms with Gasteiger partial charge in [-0.3, -0.25) is 0 Å². The van der Waals surface area contributed by atoms with Crippen LogP contribution in [0.3, 0.4) is 0 Å². The molecule has 11 aromatic rings. The summed E-state index contributed by atoms with van der Waals surface area (Å²) in [6.07, 6.45) is 3.30. The Morgan fingerprint density at radius 2 is 0.762 bits per heavy atom. The first kappa shape index (κ1) is 36.6. The van der Waals surface area contributed by atoms with Crippen LogP contribution in [0.25, 0.3) is 88.9 Å². The van der Waals surface area contributed by atoms with Crippen LogP contribution in [0.2, 0.25) is 0 Å². The molecular weight excluding hydrogens is 763 g/mol. The van der Waals surface area contributed by atoms with Crippen LogP contribution in [0.4, 0.5) is 17.1 Å². The summed E-state index contributed by atoms with van der Waals surface area (Å²) in [7, 11) is 0. The molecule has 0 bridgehead atoms. The van der Waals surface area contributed by atoms with Gasteiger partial charge >= 0.3 is 0 Å². The van der Waals surface area contributed by atoms with Crippen LogP contribution in [0, 0.1) is 0 Å². The van der Waals surface area contributed by atoms with Crippen LogP contribution in [0.15, 0.2) is 235 Å². The lowest BCUT2D eigenvalue weighted by Gasteiger charge is -2.26. The Kier molecular flexibility index (Phi) is 8.93. The zero-order valence-electron chi connectivity index (χ0n) is 34.6. The van der Waals surface area contributed by atoms with E-state index in [2.05, 4.69) is 229 Å². The molecule has 2 nitrogen and oxygen atoms in total. The molecule has 1 aromatic heterocycles. The highest BCUT2D eigenvalue weighted by Gasteiger charge is 2.17. The number of nitrogens with zero attached hydrogens (tertiary/aromatic N) is 1. The van der Waals surface area contributed by atoms with Crippen molar-refractivity contribution >= 4 is 61.4 Å². The second kappa shape index (κ2) is 15.4. The van der Waals surface area contributed by atoms with Crippen molar-refractivity contribution in [1.29, 1.82) is 0 Å². The molecular formula is C61H41NO. The third kappa shape index (κ3) is 6.89. The molecule has 0 spiro atoms. The van der Waals surface area contributed by atoms with Crippen molar-refractivity contribution in [1.82, 2.24) is 0 Å². The SMILES string of the molecule is C1=C(c2ccc(N(c3ccc(-c4ccc(-c5ccc6ccccc6c5)cc4)cc3)c3ccc(-c4ccc(-c5ccc6oc7ccccc7c6c5)cc4)cc3)cc2)Cc2ccccc21. The fourth-order valence-corrected chi connectivity index (χ4v) is 9.33. The molecule has 0 unspecified atom stereocenters. The molecule has 0 amide bonds. The highest BCUT2D eigenvalue weighted by molar-refractivity contribution is 6.06. The topological polar surface area (TPSA) is 16.4 Å². The van der Waals surface area contributed by atoms with E-state index in [-0.39, 0.29) is 0 Å². The molecule has 10 aromatic carbocycles. The minimum atomic E-state index is 0.915. The number of allylic oxidation sites excluding steroid dienone is 1. The fraction of sp³-hybridized carbons (Fsp3) is 0.0164. The maximum atomic E-state index is 6.08. The molecule has 1 aliphatic carbocycles. The van der Waals surface area contributed by atoms with Crippen molar-refractivity contribution in [3.8, 4) is 44.5 Å². The normalized spacial score (nSPS) is 12.2. The first-order valence-electron chi connectivity index (χ1n) is 21.7. The molecule has 296 valence electrons. The van der Waals surface area contributed by atoms with Crippen LogP contribution in [0.5, 0.6) is 0 Å². The van der Waals surface area contributed by atoms with Gasteiger partial charge < -0.3 is 9.32 Å². The molecule has 63 heavy (non-hydrogen) atoms. The molecule has 0 radical (unpaired) electrons. The van der Waals surface area contributed by atoms with Gasteiger partial charge in [-0.2, -0.15) is 0 Å². The van der Waals surface area contributed by atoms with E-state index in [9.17, 15) is 0 Å². The first-order valence-corrected chi connectivity index (χ1v) is 21.7. The molecule has 1 heterocycles. The molecule has 2 heteroatoms. The van der Waals surface area contributed by atoms with E-state index in [0.29, 0.717) is 0 Å². The second-order valence-electron chi connectivity index (χ2n) is 16.5. The molecule has 1 aliphatic rings. The van der Waals surface area contributed by atoms with Gasteiger partial charge in [-0.1, -0.05) is 176 Å². The molecule has 0 atom stereocenters. The Morgan fingerprint density at radius 1 is 0.317 bits per heavy atom. The minimum Gasteiger partial charge on any atom is -0.456 e. The van der Waals surface area contributed by atoms with E-state index in [4.69, 9.17) is 4.42 Å². The fourth-order valence-electron chi connectivity index (χ4n) is 9.33. The Labute approximate surface area is 367 Å². The quantitative estimate of drug-likeness (QED) is 0.152. The van der Waals surface area contributed by atoms with E-state index in [0.717, 1.165) is 45.4 Å². The van der Waals surface area contributed by atoms with Crippen LogP contribution < -0.4 is 4.90 Å². The maximum absolute atomic E-state index is 6.08.